The van der Waals surface area contributed by atoms with Crippen molar-refractivity contribution in [2.45, 2.75) is 31.1 Å². The van der Waals surface area contributed by atoms with E-state index in [1.165, 1.54) is 5.56 Å². The van der Waals surface area contributed by atoms with E-state index < -0.39 is 0 Å². The molecule has 0 radical (unpaired) electrons. The Kier molecular flexibility index (Phi) is 4.26. The first-order chi connectivity index (χ1) is 10.1. The van der Waals surface area contributed by atoms with Gasteiger partial charge in [0.25, 0.3) is 0 Å². The maximum atomic E-state index is 13.0. The van der Waals surface area contributed by atoms with Crippen LogP contribution in [0.1, 0.15) is 25.3 Å². The number of rotatable bonds is 2. The fourth-order valence-electron chi connectivity index (χ4n) is 3.38. The molecule has 21 heavy (non-hydrogen) atoms. The van der Waals surface area contributed by atoms with Crippen molar-refractivity contribution in [2.75, 3.05) is 25.4 Å². The molecule has 2 fully saturated rings. The minimum Gasteiger partial charge on any atom is -0.338 e. The topological polar surface area (TPSA) is 50.2 Å². The average molecular weight is 308 g/mol. The number of carbonyl (C=O) groups excluding carboxylic acids is 1. The van der Waals surface area contributed by atoms with Gasteiger partial charge in [-0.05, 0) is 12.5 Å². The number of thioether (sulfide) groups is 1. The summed E-state index contributed by atoms with van der Waals surface area (Å²) in [4.78, 5) is 15.1. The number of aryl methyl sites for hydroxylation is 1. The summed E-state index contributed by atoms with van der Waals surface area (Å²) in [5, 5.41) is 8.16. The normalized spacial score (nSPS) is 33.4. The number of carbonyl (C=O) groups is 1. The van der Waals surface area contributed by atoms with Gasteiger partial charge in [-0.15, -0.1) is 0 Å². The Morgan fingerprint density at radius 1 is 1.43 bits per heavy atom. The van der Waals surface area contributed by atoms with Crippen molar-refractivity contribution in [3.8, 4) is 0 Å². The lowest BCUT2D eigenvalue weighted by Gasteiger charge is -2.39. The SMILES string of the molecule is CC1SCCN(C(=O)[C@H]2CNC[C@@H]2c2cnn(C)c2)C1C. The van der Waals surface area contributed by atoms with Crippen molar-refractivity contribution in [1.82, 2.24) is 20.0 Å². The van der Waals surface area contributed by atoms with E-state index in [2.05, 4.69) is 29.2 Å². The van der Waals surface area contributed by atoms with Crippen LogP contribution in [-0.4, -0.2) is 57.3 Å². The van der Waals surface area contributed by atoms with Gasteiger partial charge in [0.15, 0.2) is 0 Å². The average Bonchev–Trinajstić information content (AvgIpc) is 3.09. The smallest absolute Gasteiger partial charge is 0.227 e. The van der Waals surface area contributed by atoms with Gasteiger partial charge in [-0.2, -0.15) is 16.9 Å². The van der Waals surface area contributed by atoms with Crippen LogP contribution in [-0.2, 0) is 11.8 Å². The van der Waals surface area contributed by atoms with Crippen molar-refractivity contribution in [3.63, 3.8) is 0 Å². The molecule has 1 amide bonds. The highest BCUT2D eigenvalue weighted by atomic mass is 32.2. The van der Waals surface area contributed by atoms with Crippen LogP contribution in [0.5, 0.6) is 0 Å². The third-order valence-electron chi connectivity index (χ3n) is 4.85. The Morgan fingerprint density at radius 3 is 2.95 bits per heavy atom. The molecule has 5 nitrogen and oxygen atoms in total. The molecule has 0 aliphatic carbocycles. The molecule has 1 N–H and O–H groups in total. The van der Waals surface area contributed by atoms with E-state index in [1.807, 2.05) is 35.9 Å². The fourth-order valence-corrected chi connectivity index (χ4v) is 4.48. The van der Waals surface area contributed by atoms with Crippen molar-refractivity contribution >= 4 is 17.7 Å². The number of hydrogen-bond acceptors (Lipinski definition) is 4. The second kappa shape index (κ2) is 6.01. The number of nitrogens with zero attached hydrogens (tertiary/aromatic N) is 3. The number of nitrogens with one attached hydrogen (secondary N) is 1. The predicted molar refractivity (Wildman–Crippen MR) is 85.4 cm³/mol. The van der Waals surface area contributed by atoms with Gasteiger partial charge in [0.1, 0.15) is 0 Å². The Hall–Kier alpha value is -1.01. The zero-order valence-corrected chi connectivity index (χ0v) is 13.8. The molecule has 0 aromatic carbocycles. The third-order valence-corrected chi connectivity index (χ3v) is 6.19. The predicted octanol–water partition coefficient (Wildman–Crippen LogP) is 1.08. The van der Waals surface area contributed by atoms with Gasteiger partial charge in [-0.1, -0.05) is 6.92 Å². The molecule has 2 aliphatic heterocycles. The van der Waals surface area contributed by atoms with Crippen LogP contribution in [0.15, 0.2) is 12.4 Å². The molecule has 0 spiro atoms. The zero-order valence-electron chi connectivity index (χ0n) is 13.0. The lowest BCUT2D eigenvalue weighted by atomic mass is 9.89. The molecule has 2 unspecified atom stereocenters. The van der Waals surface area contributed by atoms with E-state index in [-0.39, 0.29) is 11.8 Å². The first-order valence-electron chi connectivity index (χ1n) is 7.69. The largest absolute Gasteiger partial charge is 0.338 e. The third kappa shape index (κ3) is 2.83. The number of hydrogen-bond donors (Lipinski definition) is 1. The molecule has 0 saturated carbocycles. The highest BCUT2D eigenvalue weighted by Crippen LogP contribution is 2.32. The summed E-state index contributed by atoms with van der Waals surface area (Å²) in [6, 6.07) is 0.325. The summed E-state index contributed by atoms with van der Waals surface area (Å²) in [5.41, 5.74) is 1.17. The molecule has 3 rings (SSSR count). The molecule has 2 saturated heterocycles. The lowest BCUT2D eigenvalue weighted by molar-refractivity contribution is -0.137. The summed E-state index contributed by atoms with van der Waals surface area (Å²) in [6.07, 6.45) is 3.94. The zero-order chi connectivity index (χ0) is 15.0. The van der Waals surface area contributed by atoms with Gasteiger partial charge in [-0.25, -0.2) is 0 Å². The van der Waals surface area contributed by atoms with E-state index in [4.69, 9.17) is 0 Å². The summed E-state index contributed by atoms with van der Waals surface area (Å²) < 4.78 is 1.82. The number of aromatic nitrogens is 2. The second-order valence-electron chi connectivity index (χ2n) is 6.17. The summed E-state index contributed by atoms with van der Waals surface area (Å²) >= 11 is 1.97. The van der Waals surface area contributed by atoms with Crippen LogP contribution < -0.4 is 5.32 Å². The van der Waals surface area contributed by atoms with Crippen LogP contribution in [0.25, 0.3) is 0 Å². The van der Waals surface area contributed by atoms with Gasteiger partial charge in [0.05, 0.1) is 12.1 Å². The molecule has 1 aromatic rings. The lowest BCUT2D eigenvalue weighted by Crippen LogP contribution is -2.51. The van der Waals surface area contributed by atoms with Gasteiger partial charge in [0.2, 0.25) is 5.91 Å². The van der Waals surface area contributed by atoms with E-state index in [1.54, 1.807) is 0 Å². The highest BCUT2D eigenvalue weighted by Gasteiger charge is 2.39. The molecule has 0 bridgehead atoms. The quantitative estimate of drug-likeness (QED) is 0.888. The first-order valence-corrected chi connectivity index (χ1v) is 8.74. The Labute approximate surface area is 130 Å². The van der Waals surface area contributed by atoms with E-state index in [0.29, 0.717) is 17.2 Å². The maximum absolute atomic E-state index is 13.0. The van der Waals surface area contributed by atoms with Crippen LogP contribution in [0, 0.1) is 5.92 Å². The molecule has 4 atom stereocenters. The standard InChI is InChI=1S/C15H24N4OS/c1-10-11(2)21-5-4-19(10)15(20)14-8-16-7-13(14)12-6-17-18(3)9-12/h6,9-11,13-14,16H,4-5,7-8H2,1-3H3/t10?,11?,13-,14+/m1/s1. The van der Waals surface area contributed by atoms with Crippen molar-refractivity contribution < 1.29 is 4.79 Å². The van der Waals surface area contributed by atoms with Crippen LogP contribution in [0.2, 0.25) is 0 Å². The maximum Gasteiger partial charge on any atom is 0.227 e. The van der Waals surface area contributed by atoms with Gasteiger partial charge in [-0.3, -0.25) is 9.48 Å². The molecule has 6 heteroatoms. The Bertz CT molecular complexity index is 518. The summed E-state index contributed by atoms with van der Waals surface area (Å²) in [6.45, 7) is 6.93. The van der Waals surface area contributed by atoms with E-state index in [0.717, 1.165) is 25.4 Å². The van der Waals surface area contributed by atoms with Crippen molar-refractivity contribution in [1.29, 1.82) is 0 Å². The van der Waals surface area contributed by atoms with E-state index >= 15 is 0 Å². The van der Waals surface area contributed by atoms with Crippen LogP contribution >= 0.6 is 11.8 Å². The molecular weight excluding hydrogens is 284 g/mol. The monoisotopic (exact) mass is 308 g/mol. The summed E-state index contributed by atoms with van der Waals surface area (Å²) in [7, 11) is 1.92. The Morgan fingerprint density at radius 2 is 2.24 bits per heavy atom. The van der Waals surface area contributed by atoms with E-state index in [9.17, 15) is 4.79 Å². The van der Waals surface area contributed by atoms with Gasteiger partial charge < -0.3 is 10.2 Å². The summed E-state index contributed by atoms with van der Waals surface area (Å²) in [5.74, 6) is 1.67. The second-order valence-corrected chi connectivity index (χ2v) is 7.65. The van der Waals surface area contributed by atoms with Gasteiger partial charge >= 0.3 is 0 Å². The minimum atomic E-state index is 0.0481. The van der Waals surface area contributed by atoms with Crippen LogP contribution in [0.3, 0.4) is 0 Å². The Balaban J connectivity index is 1.77. The molecular formula is C15H24N4OS. The van der Waals surface area contributed by atoms with Crippen LogP contribution in [0.4, 0.5) is 0 Å². The van der Waals surface area contributed by atoms with Crippen molar-refractivity contribution in [3.05, 3.63) is 18.0 Å². The molecule has 1 aromatic heterocycles. The molecule has 116 valence electrons. The number of amides is 1. The minimum absolute atomic E-state index is 0.0481. The van der Waals surface area contributed by atoms with Gasteiger partial charge in [0, 0.05) is 55.8 Å². The van der Waals surface area contributed by atoms with Crippen molar-refractivity contribution in [2.24, 2.45) is 13.0 Å². The fraction of sp³-hybridized carbons (Fsp3) is 0.733. The molecule has 3 heterocycles. The first kappa shape index (κ1) is 14.9. The molecule has 2 aliphatic rings. The highest BCUT2D eigenvalue weighted by molar-refractivity contribution is 8.00.